The van der Waals surface area contributed by atoms with Gasteiger partial charge in [-0.25, -0.2) is 4.79 Å². The van der Waals surface area contributed by atoms with Crippen molar-refractivity contribution >= 4 is 16.8 Å². The summed E-state index contributed by atoms with van der Waals surface area (Å²) in [5.41, 5.74) is 0.486. The number of nitrogens with one attached hydrogen (secondary N) is 2. The van der Waals surface area contributed by atoms with Crippen molar-refractivity contribution in [3.8, 4) is 5.75 Å². The lowest BCUT2D eigenvalue weighted by Gasteiger charge is -2.20. The number of hydrogen-bond donors (Lipinski definition) is 2. The van der Waals surface area contributed by atoms with Gasteiger partial charge < -0.3 is 15.4 Å². The van der Waals surface area contributed by atoms with Gasteiger partial charge in [-0.05, 0) is 12.5 Å². The molecule has 2 unspecified atom stereocenters. The van der Waals surface area contributed by atoms with Crippen molar-refractivity contribution in [2.24, 2.45) is 0 Å². The molecule has 2 N–H and O–H groups in total. The molecule has 0 fully saturated rings. The van der Waals surface area contributed by atoms with Gasteiger partial charge in [0.25, 0.3) is 0 Å². The maximum Gasteiger partial charge on any atom is 0.387 e. The van der Waals surface area contributed by atoms with Crippen LogP contribution in [0.15, 0.2) is 24.3 Å². The Balaban J connectivity index is 2.71. The summed E-state index contributed by atoms with van der Waals surface area (Å²) >= 11 is 0. The second kappa shape index (κ2) is 9.34. The third kappa shape index (κ3) is 6.38. The molecule has 0 saturated carbocycles. The summed E-state index contributed by atoms with van der Waals surface area (Å²) in [6.07, 6.45) is 2.06. The number of carbonyl (C=O) groups excluding carboxylic acids is 1. The first-order chi connectivity index (χ1) is 10.4. The van der Waals surface area contributed by atoms with Crippen molar-refractivity contribution in [3.05, 3.63) is 29.8 Å². The number of alkyl halides is 2. The summed E-state index contributed by atoms with van der Waals surface area (Å²) < 4.78 is 40.2. The van der Waals surface area contributed by atoms with E-state index < -0.39 is 29.5 Å². The highest BCUT2D eigenvalue weighted by Crippen LogP contribution is 2.28. The van der Waals surface area contributed by atoms with Crippen molar-refractivity contribution in [2.45, 2.75) is 26.0 Å². The minimum absolute atomic E-state index is 0.0410. The van der Waals surface area contributed by atoms with Gasteiger partial charge in [-0.1, -0.05) is 25.1 Å². The molecule has 0 aliphatic heterocycles. The molecule has 0 radical (unpaired) electrons. The SMILES string of the molecule is CCC(NC(=O)NCCS(C)=O)c1ccccc1OC(F)F. The third-order valence-corrected chi connectivity index (χ3v) is 3.68. The smallest absolute Gasteiger partial charge is 0.387 e. The van der Waals surface area contributed by atoms with Crippen LogP contribution < -0.4 is 15.4 Å². The fraction of sp³-hybridized carbons (Fsp3) is 0.500. The van der Waals surface area contributed by atoms with Crippen molar-refractivity contribution in [1.82, 2.24) is 10.6 Å². The van der Waals surface area contributed by atoms with Gasteiger partial charge in [0.15, 0.2) is 0 Å². The quantitative estimate of drug-likeness (QED) is 0.767. The molecule has 0 aliphatic rings. The van der Waals surface area contributed by atoms with E-state index >= 15 is 0 Å². The van der Waals surface area contributed by atoms with Crippen molar-refractivity contribution in [1.29, 1.82) is 0 Å². The zero-order valence-electron chi connectivity index (χ0n) is 12.5. The molecule has 1 aromatic rings. The van der Waals surface area contributed by atoms with Crippen LogP contribution in [0.1, 0.15) is 24.9 Å². The summed E-state index contributed by atoms with van der Waals surface area (Å²) in [4.78, 5) is 11.8. The maximum atomic E-state index is 12.4. The number of rotatable bonds is 8. The molecule has 1 rings (SSSR count). The molecule has 8 heteroatoms. The predicted molar refractivity (Wildman–Crippen MR) is 81.6 cm³/mol. The lowest BCUT2D eigenvalue weighted by Crippen LogP contribution is -2.39. The van der Waals surface area contributed by atoms with Crippen LogP contribution in [0.3, 0.4) is 0 Å². The molecular weight excluding hydrogens is 314 g/mol. The van der Waals surface area contributed by atoms with Crippen LogP contribution in [0, 0.1) is 0 Å². The highest BCUT2D eigenvalue weighted by molar-refractivity contribution is 7.84. The standard InChI is InChI=1S/C14H20F2N2O3S/c1-3-11(18-14(19)17-8-9-22(2)20)10-6-4-5-7-12(10)21-13(15)16/h4-7,11,13H,3,8-9H2,1-2H3,(H2,17,18,19). The van der Waals surface area contributed by atoms with Crippen LogP contribution in [-0.4, -0.2) is 35.4 Å². The minimum Gasteiger partial charge on any atom is -0.434 e. The molecule has 0 spiro atoms. The van der Waals surface area contributed by atoms with Crippen molar-refractivity contribution in [2.75, 3.05) is 18.6 Å². The monoisotopic (exact) mass is 334 g/mol. The molecule has 0 aliphatic carbocycles. The molecule has 2 atom stereocenters. The van der Waals surface area contributed by atoms with Crippen LogP contribution in [-0.2, 0) is 10.8 Å². The van der Waals surface area contributed by atoms with E-state index in [2.05, 4.69) is 15.4 Å². The fourth-order valence-electron chi connectivity index (χ4n) is 1.89. The summed E-state index contributed by atoms with van der Waals surface area (Å²) in [5, 5.41) is 5.27. The Hall–Kier alpha value is -1.70. The van der Waals surface area contributed by atoms with Gasteiger partial charge >= 0.3 is 12.6 Å². The fourth-order valence-corrected chi connectivity index (χ4v) is 2.28. The van der Waals surface area contributed by atoms with E-state index in [4.69, 9.17) is 0 Å². The van der Waals surface area contributed by atoms with E-state index in [9.17, 15) is 17.8 Å². The summed E-state index contributed by atoms with van der Waals surface area (Å²) in [7, 11) is -0.989. The van der Waals surface area contributed by atoms with Gasteiger partial charge in [0, 0.05) is 34.9 Å². The third-order valence-electron chi connectivity index (χ3n) is 2.90. The number of hydrogen-bond acceptors (Lipinski definition) is 3. The Morgan fingerprint density at radius 3 is 2.64 bits per heavy atom. The number of benzene rings is 1. The molecular formula is C14H20F2N2O3S. The van der Waals surface area contributed by atoms with Gasteiger partial charge in [-0.3, -0.25) is 4.21 Å². The molecule has 124 valence electrons. The molecule has 1 aromatic carbocycles. The maximum absolute atomic E-state index is 12.4. The van der Waals surface area contributed by atoms with E-state index in [1.165, 1.54) is 6.07 Å². The second-order valence-corrected chi connectivity index (χ2v) is 6.11. The Morgan fingerprint density at radius 1 is 1.36 bits per heavy atom. The highest BCUT2D eigenvalue weighted by atomic mass is 32.2. The van der Waals surface area contributed by atoms with E-state index in [0.717, 1.165) is 0 Å². The zero-order valence-corrected chi connectivity index (χ0v) is 13.3. The van der Waals surface area contributed by atoms with Crippen molar-refractivity contribution < 1.29 is 22.5 Å². The Labute approximate surface area is 130 Å². The summed E-state index contributed by atoms with van der Waals surface area (Å²) in [6, 6.07) is 5.45. The molecule has 0 bridgehead atoms. The summed E-state index contributed by atoms with van der Waals surface area (Å²) in [6.45, 7) is -0.821. The first-order valence-electron chi connectivity index (χ1n) is 6.82. The van der Waals surface area contributed by atoms with Crippen LogP contribution in [0.2, 0.25) is 0 Å². The number of amides is 2. The zero-order chi connectivity index (χ0) is 16.5. The number of para-hydroxylation sites is 1. The lowest BCUT2D eigenvalue weighted by atomic mass is 10.0. The normalized spacial score (nSPS) is 13.5. The average molecular weight is 334 g/mol. The minimum atomic E-state index is -2.92. The van der Waals surface area contributed by atoms with Crippen LogP contribution in [0.25, 0.3) is 0 Å². The number of carbonyl (C=O) groups is 1. The number of halogens is 2. The van der Waals surface area contributed by atoms with E-state index in [-0.39, 0.29) is 12.3 Å². The predicted octanol–water partition coefficient (Wildman–Crippen LogP) is 2.42. The van der Waals surface area contributed by atoms with E-state index in [1.807, 2.05) is 6.92 Å². The molecule has 2 amide bonds. The van der Waals surface area contributed by atoms with Gasteiger partial charge in [0.05, 0.1) is 6.04 Å². The average Bonchev–Trinajstić information content (AvgIpc) is 2.44. The Kier molecular flexibility index (Phi) is 7.79. The number of urea groups is 1. The largest absolute Gasteiger partial charge is 0.434 e. The van der Waals surface area contributed by atoms with Gasteiger partial charge in [0.1, 0.15) is 5.75 Å². The molecule has 22 heavy (non-hydrogen) atoms. The molecule has 5 nitrogen and oxygen atoms in total. The van der Waals surface area contributed by atoms with Crippen LogP contribution >= 0.6 is 0 Å². The summed E-state index contributed by atoms with van der Waals surface area (Å²) in [5.74, 6) is 0.397. The lowest BCUT2D eigenvalue weighted by molar-refractivity contribution is -0.0506. The van der Waals surface area contributed by atoms with Crippen LogP contribution in [0.4, 0.5) is 13.6 Å². The topological polar surface area (TPSA) is 67.4 Å². The van der Waals surface area contributed by atoms with Crippen LogP contribution in [0.5, 0.6) is 5.75 Å². The molecule has 0 aromatic heterocycles. The second-order valence-electron chi connectivity index (χ2n) is 4.55. The number of ether oxygens (including phenoxy) is 1. The van der Waals surface area contributed by atoms with Gasteiger partial charge in [-0.15, -0.1) is 0 Å². The highest BCUT2D eigenvalue weighted by Gasteiger charge is 2.18. The van der Waals surface area contributed by atoms with E-state index in [0.29, 0.717) is 17.7 Å². The molecule has 0 saturated heterocycles. The first-order valence-corrected chi connectivity index (χ1v) is 8.54. The Bertz CT molecular complexity index is 515. The van der Waals surface area contributed by atoms with Gasteiger partial charge in [0.2, 0.25) is 0 Å². The van der Waals surface area contributed by atoms with Gasteiger partial charge in [-0.2, -0.15) is 8.78 Å². The van der Waals surface area contributed by atoms with Crippen molar-refractivity contribution in [3.63, 3.8) is 0 Å². The Morgan fingerprint density at radius 2 is 2.05 bits per heavy atom. The first kappa shape index (κ1) is 18.3. The molecule has 0 heterocycles. The van der Waals surface area contributed by atoms with E-state index in [1.54, 1.807) is 24.5 Å².